The topological polar surface area (TPSA) is 71.7 Å². The van der Waals surface area contributed by atoms with Crippen LogP contribution >= 0.6 is 0 Å². The first-order valence-electron chi connectivity index (χ1n) is 12.2. The summed E-state index contributed by atoms with van der Waals surface area (Å²) in [5.74, 6) is 1.88. The number of nitrogens with zero attached hydrogens (tertiary/aromatic N) is 4. The fraction of sp³-hybridized carbons (Fsp3) is 0.276. The van der Waals surface area contributed by atoms with Crippen molar-refractivity contribution in [1.82, 2.24) is 14.9 Å². The van der Waals surface area contributed by atoms with Crippen molar-refractivity contribution in [3.05, 3.63) is 101 Å². The maximum absolute atomic E-state index is 12.8. The Labute approximate surface area is 211 Å². The van der Waals surface area contributed by atoms with E-state index >= 15 is 0 Å². The number of ether oxygens (including phenoxy) is 1. The molecule has 4 aromatic rings. The van der Waals surface area contributed by atoms with Crippen LogP contribution in [0.2, 0.25) is 0 Å². The lowest BCUT2D eigenvalue weighted by Crippen LogP contribution is -2.49. The molecule has 36 heavy (non-hydrogen) atoms. The molecule has 0 spiro atoms. The first-order chi connectivity index (χ1) is 17.6. The number of hydrogen-bond donors (Lipinski definition) is 0. The van der Waals surface area contributed by atoms with E-state index in [1.807, 2.05) is 35.2 Å². The van der Waals surface area contributed by atoms with E-state index in [-0.39, 0.29) is 5.91 Å². The highest BCUT2D eigenvalue weighted by Gasteiger charge is 2.27. The summed E-state index contributed by atoms with van der Waals surface area (Å²) in [6.07, 6.45) is 2.24. The van der Waals surface area contributed by atoms with Crippen molar-refractivity contribution in [2.45, 2.75) is 20.0 Å². The number of aryl methyl sites for hydroxylation is 1. The molecule has 0 bridgehead atoms. The smallest absolute Gasteiger partial charge is 0.289 e. The zero-order valence-electron chi connectivity index (χ0n) is 20.7. The van der Waals surface area contributed by atoms with Crippen LogP contribution in [0.1, 0.15) is 32.9 Å². The van der Waals surface area contributed by atoms with Gasteiger partial charge in [0.1, 0.15) is 5.82 Å². The van der Waals surface area contributed by atoms with E-state index in [0.29, 0.717) is 50.8 Å². The highest BCUT2D eigenvalue weighted by Crippen LogP contribution is 2.29. The van der Waals surface area contributed by atoms with Gasteiger partial charge in [0.15, 0.2) is 11.6 Å². The highest BCUT2D eigenvalue weighted by atomic mass is 16.5. The van der Waals surface area contributed by atoms with E-state index in [1.165, 1.54) is 17.4 Å². The van der Waals surface area contributed by atoms with E-state index in [9.17, 15) is 4.79 Å². The van der Waals surface area contributed by atoms with Gasteiger partial charge in [-0.1, -0.05) is 60.2 Å². The van der Waals surface area contributed by atoms with Crippen molar-refractivity contribution in [2.75, 3.05) is 38.2 Å². The van der Waals surface area contributed by atoms with E-state index in [4.69, 9.17) is 19.1 Å². The number of rotatable bonds is 7. The number of methoxy groups -OCH3 is 1. The Morgan fingerprint density at radius 2 is 1.78 bits per heavy atom. The molecule has 5 rings (SSSR count). The maximum Gasteiger partial charge on any atom is 0.289 e. The largest absolute Gasteiger partial charge is 0.459 e. The minimum absolute atomic E-state index is 0.0765. The van der Waals surface area contributed by atoms with Crippen LogP contribution in [0.5, 0.6) is 0 Å². The van der Waals surface area contributed by atoms with Crippen molar-refractivity contribution in [1.29, 1.82) is 0 Å². The summed E-state index contributed by atoms with van der Waals surface area (Å²) >= 11 is 0. The van der Waals surface area contributed by atoms with Crippen molar-refractivity contribution in [3.63, 3.8) is 0 Å². The molecule has 0 saturated carbocycles. The molecule has 1 aliphatic heterocycles. The molecule has 7 nitrogen and oxygen atoms in total. The summed E-state index contributed by atoms with van der Waals surface area (Å²) in [7, 11) is 1.69. The predicted octanol–water partition coefficient (Wildman–Crippen LogP) is 4.74. The molecular weight excluding hydrogens is 452 g/mol. The lowest BCUT2D eigenvalue weighted by molar-refractivity contribution is 0.0714. The summed E-state index contributed by atoms with van der Waals surface area (Å²) in [6, 6.07) is 22.0. The Kier molecular flexibility index (Phi) is 7.09. The van der Waals surface area contributed by atoms with Crippen molar-refractivity contribution in [2.24, 2.45) is 0 Å². The number of hydrogen-bond acceptors (Lipinski definition) is 6. The lowest BCUT2D eigenvalue weighted by atomic mass is 10.0. The van der Waals surface area contributed by atoms with Gasteiger partial charge < -0.3 is 19.0 Å². The molecule has 2 aromatic carbocycles. The zero-order valence-corrected chi connectivity index (χ0v) is 20.7. The number of benzene rings is 2. The number of carbonyl (C=O) groups is 1. The molecule has 1 aliphatic rings. The third-order valence-electron chi connectivity index (χ3n) is 6.45. The van der Waals surface area contributed by atoms with Crippen LogP contribution < -0.4 is 4.90 Å². The average molecular weight is 483 g/mol. The van der Waals surface area contributed by atoms with Gasteiger partial charge in [-0.2, -0.15) is 0 Å². The Hall–Kier alpha value is -3.97. The number of carbonyl (C=O) groups excluding carboxylic acids is 1. The van der Waals surface area contributed by atoms with Crippen molar-refractivity contribution >= 4 is 11.7 Å². The Balaban J connectivity index is 1.51. The monoisotopic (exact) mass is 482 g/mol. The fourth-order valence-corrected chi connectivity index (χ4v) is 4.64. The summed E-state index contributed by atoms with van der Waals surface area (Å²) in [5, 5.41) is 0. The van der Waals surface area contributed by atoms with Crippen LogP contribution in [0.15, 0.2) is 77.4 Å². The predicted molar refractivity (Wildman–Crippen MR) is 139 cm³/mol. The summed E-state index contributed by atoms with van der Waals surface area (Å²) in [6.45, 7) is 5.02. The van der Waals surface area contributed by atoms with Crippen LogP contribution in [-0.4, -0.2) is 54.1 Å². The second-order valence-electron chi connectivity index (χ2n) is 9.02. The quantitative estimate of drug-likeness (QED) is 0.379. The van der Waals surface area contributed by atoms with E-state index in [0.717, 1.165) is 22.6 Å². The molecule has 1 saturated heterocycles. The van der Waals surface area contributed by atoms with Gasteiger partial charge in [0.25, 0.3) is 5.91 Å². The molecule has 0 atom stereocenters. The van der Waals surface area contributed by atoms with Gasteiger partial charge >= 0.3 is 0 Å². The second-order valence-corrected chi connectivity index (χ2v) is 9.02. The van der Waals surface area contributed by atoms with Crippen LogP contribution in [0.25, 0.3) is 11.4 Å². The highest BCUT2D eigenvalue weighted by molar-refractivity contribution is 5.91. The van der Waals surface area contributed by atoms with Crippen LogP contribution in [-0.2, 0) is 17.8 Å². The minimum atomic E-state index is -0.0765. The lowest BCUT2D eigenvalue weighted by Gasteiger charge is -2.36. The van der Waals surface area contributed by atoms with Gasteiger partial charge in [-0.3, -0.25) is 4.79 Å². The van der Waals surface area contributed by atoms with Crippen molar-refractivity contribution in [3.8, 4) is 11.4 Å². The van der Waals surface area contributed by atoms with Crippen LogP contribution in [0.4, 0.5) is 5.82 Å². The van der Waals surface area contributed by atoms with E-state index < -0.39 is 0 Å². The fourth-order valence-electron chi connectivity index (χ4n) is 4.64. The molecule has 1 fully saturated rings. The van der Waals surface area contributed by atoms with Gasteiger partial charge in [-0.25, -0.2) is 9.97 Å². The number of furan rings is 1. The maximum atomic E-state index is 12.8. The first-order valence-corrected chi connectivity index (χ1v) is 12.2. The molecule has 0 radical (unpaired) electrons. The van der Waals surface area contributed by atoms with Gasteiger partial charge in [-0.15, -0.1) is 0 Å². The SMILES string of the molecule is COCc1nc(-c2ccccc2)nc(N2CCN(C(=O)c3ccco3)CC2)c1Cc1cccc(C)c1. The molecule has 1 amide bonds. The number of anilines is 1. The van der Waals surface area contributed by atoms with Gasteiger partial charge in [0, 0.05) is 50.8 Å². The molecule has 0 N–H and O–H groups in total. The van der Waals surface area contributed by atoms with Crippen molar-refractivity contribution < 1.29 is 13.9 Å². The molecule has 0 unspecified atom stereocenters. The van der Waals surface area contributed by atoms with E-state index in [1.54, 1.807) is 19.2 Å². The summed E-state index contributed by atoms with van der Waals surface area (Å²) < 4.78 is 10.9. The summed E-state index contributed by atoms with van der Waals surface area (Å²) in [4.78, 5) is 26.9. The minimum Gasteiger partial charge on any atom is -0.459 e. The van der Waals surface area contributed by atoms with Gasteiger partial charge in [0.05, 0.1) is 18.6 Å². The van der Waals surface area contributed by atoms with Crippen LogP contribution in [0, 0.1) is 6.92 Å². The zero-order chi connectivity index (χ0) is 24.9. The molecule has 3 heterocycles. The standard InChI is InChI=1S/C29H30N4O3/c1-21-8-6-9-22(18-21)19-24-25(20-35-2)30-27(23-10-4-3-5-11-23)31-28(24)32-13-15-33(16-14-32)29(34)26-12-7-17-36-26/h3-12,17-18H,13-16,19-20H2,1-2H3. The summed E-state index contributed by atoms with van der Waals surface area (Å²) in [5.41, 5.74) is 5.33. The number of aromatic nitrogens is 2. The van der Waals surface area contributed by atoms with Gasteiger partial charge in [0.2, 0.25) is 0 Å². The Morgan fingerprint density at radius 1 is 0.972 bits per heavy atom. The van der Waals surface area contributed by atoms with Gasteiger partial charge in [-0.05, 0) is 24.6 Å². The third kappa shape index (κ3) is 5.16. The molecule has 7 heteroatoms. The molecule has 2 aromatic heterocycles. The molecule has 0 aliphatic carbocycles. The Bertz CT molecular complexity index is 1310. The first kappa shape index (κ1) is 23.8. The van der Waals surface area contributed by atoms with Crippen LogP contribution in [0.3, 0.4) is 0 Å². The number of piperazine rings is 1. The Morgan fingerprint density at radius 3 is 2.47 bits per heavy atom. The normalized spacial score (nSPS) is 13.7. The molecular formula is C29H30N4O3. The second kappa shape index (κ2) is 10.7. The third-order valence-corrected chi connectivity index (χ3v) is 6.45. The number of amides is 1. The average Bonchev–Trinajstić information content (AvgIpc) is 3.45. The molecule has 184 valence electrons. The van der Waals surface area contributed by atoms with E-state index in [2.05, 4.69) is 36.1 Å².